The van der Waals surface area contributed by atoms with Gasteiger partial charge in [-0.15, -0.1) is 0 Å². The maximum absolute atomic E-state index is 5.42. The van der Waals surface area contributed by atoms with Gasteiger partial charge in [-0.1, -0.05) is 54.6 Å². The molecule has 0 aliphatic carbocycles. The van der Waals surface area contributed by atoms with Crippen molar-refractivity contribution < 1.29 is 0 Å². The fourth-order valence-corrected chi connectivity index (χ4v) is 2.58. The van der Waals surface area contributed by atoms with Crippen molar-refractivity contribution in [3.8, 4) is 11.3 Å². The molecule has 1 N–H and O–H groups in total. The number of nitrogens with zero attached hydrogens (tertiary/aromatic N) is 1. The van der Waals surface area contributed by atoms with Crippen LogP contribution in [0.1, 0.15) is 11.1 Å². The summed E-state index contributed by atoms with van der Waals surface area (Å²) in [7, 11) is 0. The van der Waals surface area contributed by atoms with E-state index in [2.05, 4.69) is 52.9 Å². The summed E-state index contributed by atoms with van der Waals surface area (Å²) < 4.78 is 2.90. The Kier molecular flexibility index (Phi) is 3.52. The van der Waals surface area contributed by atoms with Gasteiger partial charge in [0.2, 0.25) is 0 Å². The molecule has 0 amide bonds. The third-order valence-corrected chi connectivity index (χ3v) is 3.87. The number of imidazole rings is 1. The lowest BCUT2D eigenvalue weighted by Gasteiger charge is -2.10. The molecule has 0 saturated heterocycles. The molecule has 0 atom stereocenters. The van der Waals surface area contributed by atoms with Crippen LogP contribution in [0.15, 0.2) is 60.8 Å². The van der Waals surface area contributed by atoms with Crippen LogP contribution in [0, 0.1) is 11.7 Å². The summed E-state index contributed by atoms with van der Waals surface area (Å²) in [4.78, 5) is 3.15. The Hall–Kier alpha value is -2.13. The highest BCUT2D eigenvalue weighted by Gasteiger charge is 2.07. The van der Waals surface area contributed by atoms with Gasteiger partial charge in [0, 0.05) is 6.20 Å². The topological polar surface area (TPSA) is 20.7 Å². The van der Waals surface area contributed by atoms with Gasteiger partial charge in [0.1, 0.15) is 0 Å². The predicted molar refractivity (Wildman–Crippen MR) is 85.3 cm³/mol. The first-order valence-corrected chi connectivity index (χ1v) is 7.04. The SMILES string of the molecule is Cc1ccccc1Cn1c(-c2ccccc2)c[nH]c1=S. The van der Waals surface area contributed by atoms with Gasteiger partial charge in [-0.2, -0.15) is 0 Å². The van der Waals surface area contributed by atoms with Gasteiger partial charge in [0.05, 0.1) is 12.2 Å². The molecular formula is C17H16N2S. The minimum Gasteiger partial charge on any atom is -0.337 e. The van der Waals surface area contributed by atoms with E-state index in [1.807, 2.05) is 24.4 Å². The number of aromatic nitrogens is 2. The fraction of sp³-hybridized carbons (Fsp3) is 0.118. The van der Waals surface area contributed by atoms with Crippen molar-refractivity contribution in [3.05, 3.63) is 76.7 Å². The van der Waals surface area contributed by atoms with Crippen LogP contribution in [0.3, 0.4) is 0 Å². The molecule has 3 heteroatoms. The number of nitrogens with one attached hydrogen (secondary N) is 1. The minimum atomic E-state index is 0.757. The second-order valence-electron chi connectivity index (χ2n) is 4.86. The van der Waals surface area contributed by atoms with E-state index >= 15 is 0 Å². The smallest absolute Gasteiger partial charge is 0.177 e. The second-order valence-corrected chi connectivity index (χ2v) is 5.24. The van der Waals surface area contributed by atoms with Crippen LogP contribution in [-0.4, -0.2) is 9.55 Å². The summed E-state index contributed by atoms with van der Waals surface area (Å²) in [6.07, 6.45) is 1.98. The summed E-state index contributed by atoms with van der Waals surface area (Å²) in [5.41, 5.74) is 4.88. The van der Waals surface area contributed by atoms with Gasteiger partial charge >= 0.3 is 0 Å². The van der Waals surface area contributed by atoms with E-state index in [4.69, 9.17) is 12.2 Å². The maximum atomic E-state index is 5.42. The van der Waals surface area contributed by atoms with Crippen LogP contribution in [-0.2, 0) is 6.54 Å². The summed E-state index contributed by atoms with van der Waals surface area (Å²) in [5, 5.41) is 0. The number of benzene rings is 2. The standard InChI is InChI=1S/C17H16N2S/c1-13-7-5-6-10-15(13)12-19-16(11-18-17(19)20)14-8-3-2-4-9-14/h2-11H,12H2,1H3,(H,18,20). The molecule has 0 aliphatic rings. The molecule has 0 bridgehead atoms. The lowest BCUT2D eigenvalue weighted by molar-refractivity contribution is 0.786. The molecule has 100 valence electrons. The largest absolute Gasteiger partial charge is 0.337 e. The number of rotatable bonds is 3. The van der Waals surface area contributed by atoms with E-state index in [1.54, 1.807) is 0 Å². The van der Waals surface area contributed by atoms with Crippen LogP contribution in [0.2, 0.25) is 0 Å². The van der Waals surface area contributed by atoms with Crippen molar-refractivity contribution in [3.63, 3.8) is 0 Å². The Morgan fingerprint density at radius 1 is 1.00 bits per heavy atom. The molecule has 2 aromatic carbocycles. The first-order valence-electron chi connectivity index (χ1n) is 6.64. The Labute approximate surface area is 123 Å². The lowest BCUT2D eigenvalue weighted by atomic mass is 10.1. The summed E-state index contributed by atoms with van der Waals surface area (Å²) in [5.74, 6) is 0. The van der Waals surface area contributed by atoms with Crippen LogP contribution >= 0.6 is 12.2 Å². The average molecular weight is 280 g/mol. The Morgan fingerprint density at radius 2 is 1.70 bits per heavy atom. The molecule has 20 heavy (non-hydrogen) atoms. The molecule has 0 fully saturated rings. The van der Waals surface area contributed by atoms with Crippen molar-refractivity contribution in [2.75, 3.05) is 0 Å². The van der Waals surface area contributed by atoms with Gasteiger partial charge in [-0.25, -0.2) is 0 Å². The molecular weight excluding hydrogens is 264 g/mol. The van der Waals surface area contributed by atoms with Gasteiger partial charge in [0.25, 0.3) is 0 Å². The Balaban J connectivity index is 2.05. The Bertz CT molecular complexity index is 769. The predicted octanol–water partition coefficient (Wildman–Crippen LogP) is 4.57. The first kappa shape index (κ1) is 12.9. The third-order valence-electron chi connectivity index (χ3n) is 3.53. The zero-order chi connectivity index (χ0) is 13.9. The van der Waals surface area contributed by atoms with E-state index < -0.39 is 0 Å². The highest BCUT2D eigenvalue weighted by atomic mass is 32.1. The van der Waals surface area contributed by atoms with Crippen molar-refractivity contribution in [1.29, 1.82) is 0 Å². The van der Waals surface area contributed by atoms with Gasteiger partial charge < -0.3 is 9.55 Å². The first-order chi connectivity index (χ1) is 9.75. The molecule has 3 rings (SSSR count). The number of aryl methyl sites for hydroxylation is 1. The van der Waals surface area contributed by atoms with Crippen molar-refractivity contribution >= 4 is 12.2 Å². The van der Waals surface area contributed by atoms with Gasteiger partial charge in [0.15, 0.2) is 4.77 Å². The summed E-state index contributed by atoms with van der Waals surface area (Å²) in [6, 6.07) is 18.7. The average Bonchev–Trinajstić information content (AvgIpc) is 2.84. The van der Waals surface area contributed by atoms with E-state index in [1.165, 1.54) is 16.7 Å². The zero-order valence-electron chi connectivity index (χ0n) is 11.3. The number of hydrogen-bond acceptors (Lipinski definition) is 1. The quantitative estimate of drug-likeness (QED) is 0.697. The van der Waals surface area contributed by atoms with E-state index in [9.17, 15) is 0 Å². The fourth-order valence-electron chi connectivity index (χ4n) is 2.36. The van der Waals surface area contributed by atoms with Crippen LogP contribution in [0.5, 0.6) is 0 Å². The lowest BCUT2D eigenvalue weighted by Crippen LogP contribution is -2.03. The zero-order valence-corrected chi connectivity index (χ0v) is 12.2. The molecule has 0 radical (unpaired) electrons. The highest BCUT2D eigenvalue weighted by Crippen LogP contribution is 2.21. The molecule has 3 aromatic rings. The summed E-state index contributed by atoms with van der Waals surface area (Å²) >= 11 is 5.42. The molecule has 0 saturated carbocycles. The van der Waals surface area contributed by atoms with Crippen LogP contribution in [0.25, 0.3) is 11.3 Å². The number of hydrogen-bond donors (Lipinski definition) is 1. The van der Waals surface area contributed by atoms with Crippen LogP contribution in [0.4, 0.5) is 0 Å². The molecule has 1 heterocycles. The second kappa shape index (κ2) is 5.47. The number of aromatic amines is 1. The molecule has 1 aromatic heterocycles. The molecule has 0 aliphatic heterocycles. The summed E-state index contributed by atoms with van der Waals surface area (Å²) in [6.45, 7) is 2.92. The van der Waals surface area contributed by atoms with Gasteiger partial charge in [-0.3, -0.25) is 0 Å². The van der Waals surface area contributed by atoms with Crippen molar-refractivity contribution in [2.24, 2.45) is 0 Å². The van der Waals surface area contributed by atoms with E-state index in [-0.39, 0.29) is 0 Å². The van der Waals surface area contributed by atoms with Crippen molar-refractivity contribution in [2.45, 2.75) is 13.5 Å². The molecule has 0 spiro atoms. The Morgan fingerprint density at radius 3 is 2.45 bits per heavy atom. The number of H-pyrrole nitrogens is 1. The molecule has 0 unspecified atom stereocenters. The van der Waals surface area contributed by atoms with E-state index in [0.717, 1.165) is 17.0 Å². The minimum absolute atomic E-state index is 0.757. The van der Waals surface area contributed by atoms with E-state index in [0.29, 0.717) is 0 Å². The van der Waals surface area contributed by atoms with Gasteiger partial charge in [-0.05, 0) is 35.8 Å². The monoisotopic (exact) mass is 280 g/mol. The normalized spacial score (nSPS) is 10.7. The van der Waals surface area contributed by atoms with Crippen LogP contribution < -0.4 is 0 Å². The third kappa shape index (κ3) is 2.45. The van der Waals surface area contributed by atoms with Crippen molar-refractivity contribution in [1.82, 2.24) is 9.55 Å². The maximum Gasteiger partial charge on any atom is 0.177 e. The highest BCUT2D eigenvalue weighted by molar-refractivity contribution is 7.71. The molecule has 2 nitrogen and oxygen atoms in total.